The molecule has 0 aromatic heterocycles. The van der Waals surface area contributed by atoms with Gasteiger partial charge in [0.05, 0.1) is 18.8 Å². The van der Waals surface area contributed by atoms with Crippen molar-refractivity contribution < 1.29 is 23.4 Å². The number of hydrogen-bond acceptors (Lipinski definition) is 5. The molecule has 0 aromatic rings. The van der Waals surface area contributed by atoms with Gasteiger partial charge in [-0.1, -0.05) is 26.3 Å². The topological polar surface area (TPSA) is 54.0 Å². The Bertz CT molecular complexity index is 563. The van der Waals surface area contributed by atoms with Crippen LogP contribution in [0.4, 0.5) is 0 Å². The van der Waals surface area contributed by atoms with E-state index < -0.39 is 8.32 Å². The van der Waals surface area contributed by atoms with Crippen molar-refractivity contribution in [2.24, 2.45) is 11.8 Å². The summed E-state index contributed by atoms with van der Waals surface area (Å²) in [4.78, 5) is 12.2. The second kappa shape index (κ2) is 6.80. The summed E-state index contributed by atoms with van der Waals surface area (Å²) < 4.78 is 22.9. The molecule has 0 amide bonds. The minimum absolute atomic E-state index is 0.0253. The second-order valence-corrected chi connectivity index (χ2v) is 13.8. The van der Waals surface area contributed by atoms with Gasteiger partial charge in [0.1, 0.15) is 6.79 Å². The summed E-state index contributed by atoms with van der Waals surface area (Å²) in [6.07, 6.45) is 0.674. The Hall–Kier alpha value is -0.693. The zero-order valence-corrected chi connectivity index (χ0v) is 18.2. The van der Waals surface area contributed by atoms with Gasteiger partial charge in [0.2, 0.25) is 0 Å². The van der Waals surface area contributed by atoms with Crippen LogP contribution in [0.1, 0.15) is 41.0 Å². The molecule has 0 heterocycles. The lowest BCUT2D eigenvalue weighted by Crippen LogP contribution is -2.53. The van der Waals surface area contributed by atoms with Crippen LogP contribution in [0.2, 0.25) is 18.1 Å². The largest absolute Gasteiger partial charge is 0.466 e. The van der Waals surface area contributed by atoms with Crippen molar-refractivity contribution >= 4 is 14.3 Å². The molecule has 0 aromatic carbocycles. The number of methoxy groups -OCH3 is 2. The smallest absolute Gasteiger partial charge is 0.334 e. The highest BCUT2D eigenvalue weighted by Crippen LogP contribution is 2.60. The van der Waals surface area contributed by atoms with Gasteiger partial charge in [-0.15, -0.1) is 0 Å². The van der Waals surface area contributed by atoms with E-state index in [1.807, 2.05) is 6.92 Å². The third-order valence-electron chi connectivity index (χ3n) is 6.35. The summed E-state index contributed by atoms with van der Waals surface area (Å²) >= 11 is 0. The van der Waals surface area contributed by atoms with Crippen LogP contribution < -0.4 is 0 Å². The maximum absolute atomic E-state index is 12.2. The molecule has 0 aliphatic heterocycles. The van der Waals surface area contributed by atoms with Gasteiger partial charge < -0.3 is 18.6 Å². The monoisotopic (exact) mass is 370 g/mol. The van der Waals surface area contributed by atoms with E-state index in [0.29, 0.717) is 0 Å². The van der Waals surface area contributed by atoms with Crippen LogP contribution in [0.15, 0.2) is 11.1 Å². The van der Waals surface area contributed by atoms with E-state index in [1.165, 1.54) is 7.11 Å². The molecule has 2 aliphatic carbocycles. The van der Waals surface area contributed by atoms with Gasteiger partial charge in [0.15, 0.2) is 8.32 Å². The van der Waals surface area contributed by atoms with Crippen molar-refractivity contribution in [1.29, 1.82) is 0 Å². The van der Waals surface area contributed by atoms with Gasteiger partial charge >= 0.3 is 5.97 Å². The van der Waals surface area contributed by atoms with E-state index >= 15 is 0 Å². The Kier molecular flexibility index (Phi) is 5.61. The third-order valence-corrected chi connectivity index (χ3v) is 10.9. The van der Waals surface area contributed by atoms with Crippen LogP contribution in [-0.4, -0.2) is 47.0 Å². The van der Waals surface area contributed by atoms with Crippen LogP contribution in [0.3, 0.4) is 0 Å². The van der Waals surface area contributed by atoms with Crippen LogP contribution in [-0.2, 0) is 23.4 Å². The van der Waals surface area contributed by atoms with Crippen molar-refractivity contribution in [2.75, 3.05) is 21.0 Å². The first kappa shape index (κ1) is 20.6. The number of ether oxygens (including phenoxy) is 3. The fourth-order valence-electron chi connectivity index (χ4n) is 4.23. The maximum atomic E-state index is 12.2. The molecule has 1 fully saturated rings. The van der Waals surface area contributed by atoms with Gasteiger partial charge in [-0.3, -0.25) is 0 Å². The minimum Gasteiger partial charge on any atom is -0.466 e. The zero-order chi connectivity index (χ0) is 19.2. The molecule has 0 N–H and O–H groups in total. The van der Waals surface area contributed by atoms with Crippen LogP contribution in [0.5, 0.6) is 0 Å². The fourth-order valence-corrected chi connectivity index (χ4v) is 5.91. The summed E-state index contributed by atoms with van der Waals surface area (Å²) in [5.41, 5.74) is 1.52. The Balaban J connectivity index is 2.35. The molecule has 0 radical (unpaired) electrons. The van der Waals surface area contributed by atoms with Crippen LogP contribution in [0.25, 0.3) is 0 Å². The van der Waals surface area contributed by atoms with Crippen LogP contribution in [0, 0.1) is 11.8 Å². The molecule has 0 unspecified atom stereocenters. The Morgan fingerprint density at radius 1 is 1.28 bits per heavy atom. The Morgan fingerprint density at radius 2 is 1.88 bits per heavy atom. The maximum Gasteiger partial charge on any atom is 0.334 e. The van der Waals surface area contributed by atoms with Crippen molar-refractivity contribution in [2.45, 2.75) is 70.9 Å². The average molecular weight is 371 g/mol. The molecule has 2 rings (SSSR count). The lowest BCUT2D eigenvalue weighted by atomic mass is 9.66. The van der Waals surface area contributed by atoms with E-state index in [9.17, 15) is 4.79 Å². The molecule has 0 spiro atoms. The van der Waals surface area contributed by atoms with Crippen LogP contribution >= 0.6 is 0 Å². The number of rotatable bonds is 6. The van der Waals surface area contributed by atoms with Crippen molar-refractivity contribution in [3.8, 4) is 0 Å². The van der Waals surface area contributed by atoms with Crippen molar-refractivity contribution in [1.82, 2.24) is 0 Å². The molecule has 4 atom stereocenters. The molecule has 0 saturated heterocycles. The van der Waals surface area contributed by atoms with E-state index in [2.05, 4.69) is 40.8 Å². The summed E-state index contributed by atoms with van der Waals surface area (Å²) in [7, 11) is 1.09. The standard InChI is InChI=1S/C19H34O5Si/c1-12-14(17(20)22-7)15-13(23-11-21-6)10-19(5,16(12)15)24-25(8,9)18(2,3)4/h13,15-16H,10-11H2,1-9H3/t13-,15+,16-,19-/m0/s1. The highest BCUT2D eigenvalue weighted by Gasteiger charge is 2.63. The van der Waals surface area contributed by atoms with E-state index in [0.717, 1.165) is 17.6 Å². The predicted molar refractivity (Wildman–Crippen MR) is 99.7 cm³/mol. The number of fused-ring (bicyclic) bond motifs is 1. The fraction of sp³-hybridized carbons (Fsp3) is 0.842. The molecular formula is C19H34O5Si. The number of carbonyl (C=O) groups excluding carboxylic acids is 1. The highest BCUT2D eigenvalue weighted by atomic mass is 28.4. The molecule has 0 bridgehead atoms. The first-order valence-electron chi connectivity index (χ1n) is 8.99. The van der Waals surface area contributed by atoms with Gasteiger partial charge in [-0.05, 0) is 32.0 Å². The summed E-state index contributed by atoms with van der Waals surface area (Å²) in [5, 5.41) is 0.128. The molecule has 1 saturated carbocycles. The molecule has 25 heavy (non-hydrogen) atoms. The summed E-state index contributed by atoms with van der Waals surface area (Å²) in [6.45, 7) is 15.7. The first-order chi connectivity index (χ1) is 11.4. The molecule has 6 heteroatoms. The van der Waals surface area contributed by atoms with Gasteiger partial charge in [-0.2, -0.15) is 0 Å². The molecule has 144 valence electrons. The quantitative estimate of drug-likeness (QED) is 0.403. The van der Waals surface area contributed by atoms with Crippen molar-refractivity contribution in [3.05, 3.63) is 11.1 Å². The number of hydrogen-bond donors (Lipinski definition) is 0. The minimum atomic E-state index is -1.95. The van der Waals surface area contributed by atoms with Gasteiger partial charge in [0, 0.05) is 30.9 Å². The second-order valence-electron chi connectivity index (χ2n) is 9.08. The van der Waals surface area contributed by atoms with Crippen molar-refractivity contribution in [3.63, 3.8) is 0 Å². The van der Waals surface area contributed by atoms with E-state index in [-0.39, 0.29) is 41.3 Å². The molecular weight excluding hydrogens is 336 g/mol. The summed E-state index contributed by atoms with van der Waals surface area (Å²) in [6, 6.07) is 0. The first-order valence-corrected chi connectivity index (χ1v) is 11.9. The molecule has 2 aliphatic rings. The average Bonchev–Trinajstić information content (AvgIpc) is 2.70. The zero-order valence-electron chi connectivity index (χ0n) is 17.2. The Morgan fingerprint density at radius 3 is 2.36 bits per heavy atom. The predicted octanol–water partition coefficient (Wildman–Crippen LogP) is 3.90. The molecule has 5 nitrogen and oxygen atoms in total. The summed E-state index contributed by atoms with van der Waals surface area (Å²) in [5.74, 6) is -0.0312. The van der Waals surface area contributed by atoms with E-state index in [1.54, 1.807) is 7.11 Å². The highest BCUT2D eigenvalue weighted by molar-refractivity contribution is 6.74. The third kappa shape index (κ3) is 3.46. The Labute approximate surface area is 153 Å². The number of carbonyl (C=O) groups is 1. The lowest BCUT2D eigenvalue weighted by Gasteiger charge is -2.48. The van der Waals surface area contributed by atoms with Gasteiger partial charge in [-0.25, -0.2) is 4.79 Å². The van der Waals surface area contributed by atoms with E-state index in [4.69, 9.17) is 18.6 Å². The normalized spacial score (nSPS) is 32.4. The SMILES string of the molecule is COCO[C@H]1C[C@](C)(O[Si](C)(C)C(C)(C)C)[C@H]2C(C)=C(C(=O)OC)[C@@H]12. The van der Waals surface area contributed by atoms with Gasteiger partial charge in [0.25, 0.3) is 0 Å². The number of esters is 1. The lowest BCUT2D eigenvalue weighted by molar-refractivity contribution is -0.139.